The Hall–Kier alpha value is -1.72. The molecule has 4 nitrogen and oxygen atoms in total. The van der Waals surface area contributed by atoms with Gasteiger partial charge < -0.3 is 15.7 Å². The highest BCUT2D eigenvalue weighted by atomic mass is 35.5. The number of aromatic hydroxyl groups is 1. The number of alkyl halides is 1. The van der Waals surface area contributed by atoms with E-state index in [1.54, 1.807) is 48.7 Å². The summed E-state index contributed by atoms with van der Waals surface area (Å²) in [5.74, 6) is 1.07. The van der Waals surface area contributed by atoms with Crippen LogP contribution in [0.25, 0.3) is 10.9 Å². The molecule has 0 unspecified atom stereocenters. The van der Waals surface area contributed by atoms with Crippen molar-refractivity contribution in [3.8, 4) is 5.75 Å². The summed E-state index contributed by atoms with van der Waals surface area (Å²) < 4.78 is 0. The molecule has 1 aromatic heterocycles. The topological polar surface area (TPSA) is 62.4 Å². The molecule has 0 bridgehead atoms. The monoisotopic (exact) mass is 467 g/mol. The van der Waals surface area contributed by atoms with E-state index in [1.807, 2.05) is 6.07 Å². The summed E-state index contributed by atoms with van der Waals surface area (Å²) >= 11 is 17.3. The first-order valence-corrected chi connectivity index (χ1v) is 11.3. The van der Waals surface area contributed by atoms with Crippen LogP contribution in [0, 0.1) is 0 Å². The van der Waals surface area contributed by atoms with Gasteiger partial charge in [-0.3, -0.25) is 4.98 Å². The lowest BCUT2D eigenvalue weighted by Crippen LogP contribution is -2.30. The predicted molar refractivity (Wildman–Crippen MR) is 130 cm³/mol. The summed E-state index contributed by atoms with van der Waals surface area (Å²) in [7, 11) is 0. The molecule has 0 amide bonds. The Balaban J connectivity index is 0.000000164. The highest BCUT2D eigenvalue weighted by Crippen LogP contribution is 2.23. The van der Waals surface area contributed by atoms with Gasteiger partial charge in [0.1, 0.15) is 5.75 Å². The highest BCUT2D eigenvalue weighted by molar-refractivity contribution is 6.36. The summed E-state index contributed by atoms with van der Waals surface area (Å²) in [5, 5.41) is 11.0. The number of rotatable bonds is 3. The minimum absolute atomic E-state index is 0.249. The molecule has 0 saturated carbocycles. The van der Waals surface area contributed by atoms with Crippen molar-refractivity contribution in [2.75, 3.05) is 31.2 Å². The molecule has 2 aromatic carbocycles. The van der Waals surface area contributed by atoms with Crippen molar-refractivity contribution >= 4 is 51.4 Å². The van der Waals surface area contributed by atoms with E-state index >= 15 is 0 Å². The van der Waals surface area contributed by atoms with Crippen LogP contribution in [-0.2, 0) is 0 Å². The highest BCUT2D eigenvalue weighted by Gasteiger charge is 2.08. The third-order valence-electron chi connectivity index (χ3n) is 4.60. The Labute approximate surface area is 193 Å². The number of likely N-dealkylation sites (tertiary alicyclic amines) is 1. The number of nitrogens with two attached hydrogens (primary N) is 1. The molecule has 2 heterocycles. The molecule has 0 spiro atoms. The molecule has 1 saturated heterocycles. The average molecular weight is 469 g/mol. The van der Waals surface area contributed by atoms with E-state index in [1.165, 1.54) is 38.9 Å². The van der Waals surface area contributed by atoms with Gasteiger partial charge in [0, 0.05) is 28.2 Å². The lowest BCUT2D eigenvalue weighted by atomic mass is 10.1. The van der Waals surface area contributed by atoms with E-state index in [0.717, 1.165) is 23.2 Å². The number of halogens is 3. The molecule has 30 heavy (non-hydrogen) atoms. The zero-order valence-electron chi connectivity index (χ0n) is 16.9. The number of nitrogen functional groups attached to an aromatic ring is 1. The third-order valence-corrected chi connectivity index (χ3v) is 5.43. The van der Waals surface area contributed by atoms with Crippen molar-refractivity contribution in [3.05, 3.63) is 64.8 Å². The average Bonchev–Trinajstić information content (AvgIpc) is 2.76. The Morgan fingerprint density at radius 3 is 2.30 bits per heavy atom. The van der Waals surface area contributed by atoms with Crippen LogP contribution in [0.4, 0.5) is 5.69 Å². The van der Waals surface area contributed by atoms with Crippen molar-refractivity contribution in [2.24, 2.45) is 0 Å². The maximum Gasteiger partial charge on any atom is 0.115 e. The quantitative estimate of drug-likeness (QED) is 0.258. The van der Waals surface area contributed by atoms with Crippen LogP contribution >= 0.6 is 34.8 Å². The first-order valence-electron chi connectivity index (χ1n) is 10.0. The molecule has 7 heteroatoms. The van der Waals surface area contributed by atoms with Gasteiger partial charge >= 0.3 is 0 Å². The minimum Gasteiger partial charge on any atom is -0.508 e. The fourth-order valence-corrected chi connectivity index (χ4v) is 3.53. The molecule has 0 atom stereocenters. The van der Waals surface area contributed by atoms with E-state index in [-0.39, 0.29) is 5.75 Å². The Morgan fingerprint density at radius 1 is 0.967 bits per heavy atom. The molecular formula is C23H28Cl3N3O. The number of benzene rings is 2. The smallest absolute Gasteiger partial charge is 0.115 e. The van der Waals surface area contributed by atoms with Crippen molar-refractivity contribution in [2.45, 2.75) is 25.7 Å². The second-order valence-electron chi connectivity index (χ2n) is 6.99. The van der Waals surface area contributed by atoms with E-state index in [0.29, 0.717) is 15.7 Å². The fraction of sp³-hybridized carbons (Fsp3) is 0.348. The van der Waals surface area contributed by atoms with Crippen LogP contribution in [0.5, 0.6) is 5.75 Å². The molecule has 0 aliphatic carbocycles. The van der Waals surface area contributed by atoms with Gasteiger partial charge in [-0.2, -0.15) is 0 Å². The lowest BCUT2D eigenvalue weighted by Gasteiger charge is -2.25. The van der Waals surface area contributed by atoms with Crippen LogP contribution in [0.15, 0.2) is 54.7 Å². The number of phenols is 1. The largest absolute Gasteiger partial charge is 0.508 e. The number of fused-ring (bicyclic) bond motifs is 1. The number of hydrogen-bond acceptors (Lipinski definition) is 4. The predicted octanol–water partition coefficient (Wildman–Crippen LogP) is 6.62. The number of aromatic nitrogens is 1. The summed E-state index contributed by atoms with van der Waals surface area (Å²) in [4.78, 5) is 6.65. The maximum absolute atomic E-state index is 8.70. The van der Waals surface area contributed by atoms with Crippen LogP contribution < -0.4 is 5.73 Å². The number of piperidine rings is 1. The van der Waals surface area contributed by atoms with Crippen molar-refractivity contribution < 1.29 is 5.11 Å². The van der Waals surface area contributed by atoms with Crippen LogP contribution in [0.2, 0.25) is 10.0 Å². The summed E-state index contributed by atoms with van der Waals surface area (Å²) in [6.45, 7) is 3.82. The van der Waals surface area contributed by atoms with Gasteiger partial charge in [-0.05, 0) is 87.4 Å². The van der Waals surface area contributed by atoms with Gasteiger partial charge in [-0.15, -0.1) is 11.6 Å². The molecule has 3 N–H and O–H groups in total. The van der Waals surface area contributed by atoms with Crippen molar-refractivity contribution in [1.29, 1.82) is 0 Å². The zero-order valence-corrected chi connectivity index (χ0v) is 19.2. The Morgan fingerprint density at radius 2 is 1.67 bits per heavy atom. The maximum atomic E-state index is 8.70. The number of nitrogens with zero attached hydrogens (tertiary/aromatic N) is 2. The van der Waals surface area contributed by atoms with E-state index in [2.05, 4.69) is 9.88 Å². The first-order chi connectivity index (χ1) is 14.5. The SMILES string of the molecule is ClCCCN1CCCCC1.Clc1ccc2c(Cl)ccnc2c1.Nc1ccc(O)cc1. The standard InChI is InChI=1S/C9H5Cl2N.C8H16ClN.C6H7NO/c10-6-1-2-7-8(11)3-4-12-9(7)5-6;9-5-4-8-10-6-2-1-3-7-10;7-5-1-3-6(8)4-2-5/h1-5H;1-8H2;1-4,8H,7H2. The fourth-order valence-electron chi connectivity index (χ4n) is 3.03. The summed E-state index contributed by atoms with van der Waals surface area (Å²) in [6, 6.07) is 13.6. The number of pyridine rings is 1. The molecule has 162 valence electrons. The first kappa shape index (κ1) is 24.5. The summed E-state index contributed by atoms with van der Waals surface area (Å²) in [6.07, 6.45) is 7.03. The molecule has 4 rings (SSSR count). The zero-order chi connectivity index (χ0) is 21.8. The van der Waals surface area contributed by atoms with Gasteiger partial charge in [0.25, 0.3) is 0 Å². The molecule has 1 fully saturated rings. The molecular weight excluding hydrogens is 441 g/mol. The second kappa shape index (κ2) is 13.6. The normalized spacial score (nSPS) is 13.7. The van der Waals surface area contributed by atoms with Crippen LogP contribution in [0.1, 0.15) is 25.7 Å². The Kier molecular flexibility index (Phi) is 11.1. The number of phenolic OH excluding ortho intramolecular Hbond substituents is 1. The second-order valence-corrected chi connectivity index (χ2v) is 8.21. The van der Waals surface area contributed by atoms with Gasteiger partial charge in [0.15, 0.2) is 0 Å². The molecule has 1 aliphatic rings. The van der Waals surface area contributed by atoms with Gasteiger partial charge in [-0.25, -0.2) is 0 Å². The van der Waals surface area contributed by atoms with Crippen LogP contribution in [0.3, 0.4) is 0 Å². The van der Waals surface area contributed by atoms with E-state index in [9.17, 15) is 0 Å². The van der Waals surface area contributed by atoms with E-state index in [4.69, 9.17) is 45.6 Å². The summed E-state index contributed by atoms with van der Waals surface area (Å²) in [5.41, 5.74) is 6.81. The number of hydrogen-bond donors (Lipinski definition) is 2. The minimum atomic E-state index is 0.249. The lowest BCUT2D eigenvalue weighted by molar-refractivity contribution is 0.230. The number of anilines is 1. The molecule has 0 radical (unpaired) electrons. The van der Waals surface area contributed by atoms with E-state index < -0.39 is 0 Å². The molecule has 1 aliphatic heterocycles. The van der Waals surface area contributed by atoms with Crippen LogP contribution in [-0.4, -0.2) is 40.5 Å². The van der Waals surface area contributed by atoms with Gasteiger partial charge in [0.05, 0.1) is 10.5 Å². The Bertz CT molecular complexity index is 864. The van der Waals surface area contributed by atoms with Crippen molar-refractivity contribution in [1.82, 2.24) is 9.88 Å². The van der Waals surface area contributed by atoms with Crippen molar-refractivity contribution in [3.63, 3.8) is 0 Å². The third kappa shape index (κ3) is 8.97. The molecule has 3 aromatic rings. The van der Waals surface area contributed by atoms with Gasteiger partial charge in [-0.1, -0.05) is 29.6 Å². The van der Waals surface area contributed by atoms with Gasteiger partial charge in [0.2, 0.25) is 0 Å².